The Labute approximate surface area is 109 Å². The predicted molar refractivity (Wildman–Crippen MR) is 70.6 cm³/mol. The number of nitrogens with two attached hydrogens (primary N) is 1. The highest BCUT2D eigenvalue weighted by Gasteiger charge is 2.16. The van der Waals surface area contributed by atoms with Crippen LogP contribution >= 0.6 is 11.8 Å². The van der Waals surface area contributed by atoms with Crippen molar-refractivity contribution in [3.05, 3.63) is 35.9 Å². The van der Waals surface area contributed by atoms with E-state index < -0.39 is 0 Å². The number of thioether (sulfide) groups is 1. The Bertz CT molecular complexity index is 523. The van der Waals surface area contributed by atoms with Gasteiger partial charge in [-0.25, -0.2) is 4.68 Å². The molecule has 0 amide bonds. The minimum absolute atomic E-state index is 0.118. The fraction of sp³-hybridized carbons (Fsp3) is 0.273. The average Bonchev–Trinajstić information content (AvgIpc) is 2.76. The number of nitrogens with one attached hydrogen (secondary N) is 1. The maximum absolute atomic E-state index is 7.68. The molecule has 1 aromatic carbocycles. The Hall–Kier alpha value is -1.89. The lowest BCUT2D eigenvalue weighted by molar-refractivity contribution is 0.664. The first kappa shape index (κ1) is 12.6. The second-order valence-corrected chi connectivity index (χ2v) is 4.80. The van der Waals surface area contributed by atoms with Crippen LogP contribution in [0.1, 0.15) is 11.5 Å². The van der Waals surface area contributed by atoms with Crippen LogP contribution in [0.2, 0.25) is 0 Å². The van der Waals surface area contributed by atoms with E-state index >= 15 is 0 Å². The minimum atomic E-state index is -0.118. The van der Waals surface area contributed by atoms with Gasteiger partial charge in [-0.15, -0.1) is 5.10 Å². The maximum atomic E-state index is 7.68. The molecule has 0 spiro atoms. The van der Waals surface area contributed by atoms with Crippen molar-refractivity contribution in [2.75, 3.05) is 5.75 Å². The molecule has 94 valence electrons. The summed E-state index contributed by atoms with van der Waals surface area (Å²) in [7, 11) is 1.79. The zero-order valence-corrected chi connectivity index (χ0v) is 10.8. The second kappa shape index (κ2) is 5.63. The fourth-order valence-corrected chi connectivity index (χ4v) is 2.56. The molecule has 0 saturated heterocycles. The Morgan fingerprint density at radius 3 is 2.72 bits per heavy atom. The molecule has 0 fully saturated rings. The minimum Gasteiger partial charge on any atom is -0.387 e. The van der Waals surface area contributed by atoms with Crippen LogP contribution in [0, 0.1) is 5.41 Å². The number of aryl methyl sites for hydroxylation is 1. The lowest BCUT2D eigenvalue weighted by Crippen LogP contribution is -2.22. The summed E-state index contributed by atoms with van der Waals surface area (Å²) in [6.45, 7) is 0. The number of aromatic nitrogens is 4. The highest BCUT2D eigenvalue weighted by atomic mass is 32.2. The van der Waals surface area contributed by atoms with Crippen LogP contribution in [0.15, 0.2) is 35.5 Å². The molecule has 0 aliphatic heterocycles. The molecule has 6 nitrogen and oxygen atoms in total. The van der Waals surface area contributed by atoms with Crippen LogP contribution < -0.4 is 5.73 Å². The average molecular weight is 262 g/mol. The number of benzene rings is 1. The SMILES string of the molecule is Cn1nnnc1SCC(C(=N)N)c1ccccc1. The molecule has 1 aromatic heterocycles. The first-order valence-electron chi connectivity index (χ1n) is 5.42. The van der Waals surface area contributed by atoms with Gasteiger partial charge in [-0.05, 0) is 16.0 Å². The van der Waals surface area contributed by atoms with Gasteiger partial charge in [-0.2, -0.15) is 0 Å². The van der Waals surface area contributed by atoms with Crippen molar-refractivity contribution in [2.45, 2.75) is 11.1 Å². The van der Waals surface area contributed by atoms with E-state index in [1.807, 2.05) is 30.3 Å². The van der Waals surface area contributed by atoms with Gasteiger partial charge in [0.05, 0.1) is 11.8 Å². The molecular formula is C11H14N6S. The third kappa shape index (κ3) is 2.86. The molecule has 0 bridgehead atoms. The van der Waals surface area contributed by atoms with E-state index in [1.165, 1.54) is 11.8 Å². The molecule has 0 aliphatic carbocycles. The summed E-state index contributed by atoms with van der Waals surface area (Å²) in [5, 5.41) is 19.6. The van der Waals surface area contributed by atoms with E-state index in [-0.39, 0.29) is 11.8 Å². The maximum Gasteiger partial charge on any atom is 0.209 e. The molecule has 0 aliphatic rings. The van der Waals surface area contributed by atoms with E-state index in [9.17, 15) is 0 Å². The molecule has 1 unspecified atom stereocenters. The molecule has 2 aromatic rings. The van der Waals surface area contributed by atoms with E-state index in [2.05, 4.69) is 15.5 Å². The normalized spacial score (nSPS) is 12.3. The van der Waals surface area contributed by atoms with E-state index in [0.29, 0.717) is 5.75 Å². The molecule has 0 radical (unpaired) electrons. The van der Waals surface area contributed by atoms with Crippen molar-refractivity contribution < 1.29 is 0 Å². The first-order chi connectivity index (χ1) is 8.68. The smallest absolute Gasteiger partial charge is 0.209 e. The van der Waals surface area contributed by atoms with Crippen LogP contribution in [0.5, 0.6) is 0 Å². The Morgan fingerprint density at radius 1 is 1.44 bits per heavy atom. The van der Waals surface area contributed by atoms with Crippen molar-refractivity contribution in [1.82, 2.24) is 20.2 Å². The molecule has 7 heteroatoms. The van der Waals surface area contributed by atoms with Gasteiger partial charge in [-0.3, -0.25) is 5.41 Å². The molecule has 1 atom stereocenters. The number of rotatable bonds is 5. The Morgan fingerprint density at radius 2 is 2.17 bits per heavy atom. The number of amidine groups is 1. The van der Waals surface area contributed by atoms with Gasteiger partial charge in [-0.1, -0.05) is 42.1 Å². The zero-order valence-electron chi connectivity index (χ0n) is 9.95. The van der Waals surface area contributed by atoms with Crippen LogP contribution in [0.4, 0.5) is 0 Å². The topological polar surface area (TPSA) is 93.5 Å². The molecule has 0 saturated carbocycles. The summed E-state index contributed by atoms with van der Waals surface area (Å²) in [5.41, 5.74) is 6.69. The molecule has 1 heterocycles. The van der Waals surface area contributed by atoms with Crippen molar-refractivity contribution >= 4 is 17.6 Å². The van der Waals surface area contributed by atoms with Gasteiger partial charge >= 0.3 is 0 Å². The summed E-state index contributed by atoms with van der Waals surface area (Å²) in [6, 6.07) is 9.78. The van der Waals surface area contributed by atoms with Gasteiger partial charge in [0, 0.05) is 12.8 Å². The van der Waals surface area contributed by atoms with E-state index in [0.717, 1.165) is 10.7 Å². The summed E-state index contributed by atoms with van der Waals surface area (Å²) in [5.74, 6) is 0.685. The van der Waals surface area contributed by atoms with Crippen molar-refractivity contribution in [1.29, 1.82) is 5.41 Å². The van der Waals surface area contributed by atoms with Gasteiger partial charge in [0.15, 0.2) is 0 Å². The highest BCUT2D eigenvalue weighted by molar-refractivity contribution is 7.99. The summed E-state index contributed by atoms with van der Waals surface area (Å²) < 4.78 is 1.60. The standard InChI is InChI=1S/C11H14N6S/c1-17-11(14-15-16-17)18-7-9(10(12)13)8-5-3-2-4-6-8/h2-6,9H,7H2,1H3,(H3,12,13). The molecule has 3 N–H and O–H groups in total. The summed E-state index contributed by atoms with van der Waals surface area (Å²) in [4.78, 5) is 0. The van der Waals surface area contributed by atoms with Gasteiger partial charge in [0.1, 0.15) is 0 Å². The second-order valence-electron chi connectivity index (χ2n) is 3.81. The third-order valence-corrected chi connectivity index (χ3v) is 3.64. The lowest BCUT2D eigenvalue weighted by atomic mass is 10.0. The highest BCUT2D eigenvalue weighted by Crippen LogP contribution is 2.24. The van der Waals surface area contributed by atoms with Crippen molar-refractivity contribution in [2.24, 2.45) is 12.8 Å². The van der Waals surface area contributed by atoms with Crippen LogP contribution in [-0.4, -0.2) is 31.8 Å². The van der Waals surface area contributed by atoms with Crippen molar-refractivity contribution in [3.63, 3.8) is 0 Å². The van der Waals surface area contributed by atoms with Gasteiger partial charge < -0.3 is 5.73 Å². The predicted octanol–water partition coefficient (Wildman–Crippen LogP) is 1.02. The largest absolute Gasteiger partial charge is 0.387 e. The first-order valence-corrected chi connectivity index (χ1v) is 6.41. The van der Waals surface area contributed by atoms with Gasteiger partial charge in [0.25, 0.3) is 0 Å². The monoisotopic (exact) mass is 262 g/mol. The summed E-state index contributed by atoms with van der Waals surface area (Å²) in [6.07, 6.45) is 0. The van der Waals surface area contributed by atoms with Gasteiger partial charge in [0.2, 0.25) is 5.16 Å². The molecular weight excluding hydrogens is 248 g/mol. The number of nitrogens with zero attached hydrogens (tertiary/aromatic N) is 4. The summed E-state index contributed by atoms with van der Waals surface area (Å²) >= 11 is 1.49. The quantitative estimate of drug-likeness (QED) is 0.477. The fourth-order valence-electron chi connectivity index (χ4n) is 1.55. The van der Waals surface area contributed by atoms with Crippen molar-refractivity contribution in [3.8, 4) is 0 Å². The van der Waals surface area contributed by atoms with Crippen LogP contribution in [0.25, 0.3) is 0 Å². The lowest BCUT2D eigenvalue weighted by Gasteiger charge is -2.14. The number of tetrazole rings is 1. The zero-order chi connectivity index (χ0) is 13.0. The van der Waals surface area contributed by atoms with Crippen LogP contribution in [0.3, 0.4) is 0 Å². The number of hydrogen-bond acceptors (Lipinski definition) is 5. The molecule has 2 rings (SSSR count). The van der Waals surface area contributed by atoms with E-state index in [1.54, 1.807) is 11.7 Å². The molecule has 18 heavy (non-hydrogen) atoms. The third-order valence-electron chi connectivity index (χ3n) is 2.54. The number of hydrogen-bond donors (Lipinski definition) is 2. The Kier molecular flexibility index (Phi) is 3.93. The Balaban J connectivity index is 2.09. The van der Waals surface area contributed by atoms with Crippen LogP contribution in [-0.2, 0) is 7.05 Å². The van der Waals surface area contributed by atoms with E-state index in [4.69, 9.17) is 11.1 Å².